The van der Waals surface area contributed by atoms with Gasteiger partial charge in [0.05, 0.1) is 29.3 Å². The molecule has 0 unspecified atom stereocenters. The van der Waals surface area contributed by atoms with Crippen LogP contribution in [0.1, 0.15) is 68.6 Å². The molecule has 0 aliphatic carbocycles. The molecule has 4 amide bonds. The Morgan fingerprint density at radius 2 is 1.58 bits per heavy atom. The number of nitrogens with two attached hydrogens (primary N) is 1. The lowest BCUT2D eigenvalue weighted by atomic mass is 9.78. The van der Waals surface area contributed by atoms with Gasteiger partial charge in [-0.05, 0) is 99.7 Å². The molecule has 12 nitrogen and oxygen atoms in total. The van der Waals surface area contributed by atoms with Crippen molar-refractivity contribution in [2.24, 2.45) is 11.8 Å². The fraction of sp³-hybridized carbons (Fsp3) is 0.590. The molecule has 0 saturated carbocycles. The molecule has 0 radical (unpaired) electrons. The number of nitrogen functional groups attached to an aromatic ring is 1. The summed E-state index contributed by atoms with van der Waals surface area (Å²) in [6, 6.07) is 9.40. The highest BCUT2D eigenvalue weighted by atomic mass is 35.5. The van der Waals surface area contributed by atoms with Crippen molar-refractivity contribution >= 4 is 47.0 Å². The molecule has 55 heavy (non-hydrogen) atoms. The predicted molar refractivity (Wildman–Crippen MR) is 200 cm³/mol. The standard InChI is InChI=1S/C39H50ClF3N6O6/c1-2-54-34(50)13-16-46-14-7-26(8-15-46)27-9-17-47(18-10-27)36(51)33(23-25-21-30(39(41,42)43)35(44)31(40)22-25)55-38(53)48-19-11-29(12-20-48)49-24-28-5-3-4-6-32(28)45-37(49)52/h3-6,21-22,26-27,29,33H,2,7-20,23-24,44H2,1H3,(H,45,52)/t33-/m1/s1. The van der Waals surface area contributed by atoms with E-state index < -0.39 is 35.5 Å². The second kappa shape index (κ2) is 17.7. The summed E-state index contributed by atoms with van der Waals surface area (Å²) >= 11 is 6.13. The van der Waals surface area contributed by atoms with Crippen LogP contribution in [0.3, 0.4) is 0 Å². The maximum Gasteiger partial charge on any atom is 0.418 e. The van der Waals surface area contributed by atoms with Gasteiger partial charge in [0.25, 0.3) is 5.91 Å². The van der Waals surface area contributed by atoms with Gasteiger partial charge in [-0.2, -0.15) is 13.2 Å². The van der Waals surface area contributed by atoms with Gasteiger partial charge in [-0.1, -0.05) is 29.8 Å². The van der Waals surface area contributed by atoms with E-state index in [4.69, 9.17) is 26.8 Å². The Kier molecular flexibility index (Phi) is 13.0. The predicted octanol–water partition coefficient (Wildman–Crippen LogP) is 6.40. The van der Waals surface area contributed by atoms with Gasteiger partial charge in [-0.15, -0.1) is 0 Å². The van der Waals surface area contributed by atoms with Gasteiger partial charge >= 0.3 is 24.3 Å². The fourth-order valence-corrected chi connectivity index (χ4v) is 8.66. The molecule has 3 fully saturated rings. The van der Waals surface area contributed by atoms with Crippen molar-refractivity contribution in [3.05, 3.63) is 58.1 Å². The average molecular weight is 791 g/mol. The molecule has 2 aromatic carbocycles. The van der Waals surface area contributed by atoms with Crippen molar-refractivity contribution in [3.8, 4) is 0 Å². The molecule has 6 rings (SSSR count). The van der Waals surface area contributed by atoms with Crippen molar-refractivity contribution in [2.75, 3.05) is 63.5 Å². The van der Waals surface area contributed by atoms with Gasteiger partial charge in [0, 0.05) is 57.4 Å². The number of esters is 1. The Bertz CT molecular complexity index is 1710. The number of benzene rings is 2. The molecule has 2 aromatic rings. The largest absolute Gasteiger partial charge is 0.466 e. The summed E-state index contributed by atoms with van der Waals surface area (Å²) < 4.78 is 52.5. The minimum absolute atomic E-state index is 0.0670. The van der Waals surface area contributed by atoms with Crippen LogP contribution < -0.4 is 11.1 Å². The van der Waals surface area contributed by atoms with E-state index in [1.807, 2.05) is 24.3 Å². The Hall–Kier alpha value is -4.24. The van der Waals surface area contributed by atoms with Crippen molar-refractivity contribution in [3.63, 3.8) is 0 Å². The number of ether oxygens (including phenoxy) is 2. The maximum atomic E-state index is 14.1. The van der Waals surface area contributed by atoms with Crippen LogP contribution in [-0.2, 0) is 38.2 Å². The van der Waals surface area contributed by atoms with Crippen molar-refractivity contribution in [1.82, 2.24) is 19.6 Å². The highest BCUT2D eigenvalue weighted by Crippen LogP contribution is 2.39. The van der Waals surface area contributed by atoms with Crippen LogP contribution in [0.5, 0.6) is 0 Å². The van der Waals surface area contributed by atoms with Crippen molar-refractivity contribution in [1.29, 1.82) is 0 Å². The Labute approximate surface area is 324 Å². The number of para-hydroxylation sites is 1. The lowest BCUT2D eigenvalue weighted by Gasteiger charge is -2.41. The summed E-state index contributed by atoms with van der Waals surface area (Å²) in [6.45, 7) is 6.48. The summed E-state index contributed by atoms with van der Waals surface area (Å²) in [7, 11) is 0. The summed E-state index contributed by atoms with van der Waals surface area (Å²) in [6.07, 6.45) is -2.38. The van der Waals surface area contributed by atoms with E-state index in [2.05, 4.69) is 10.2 Å². The number of amides is 4. The summed E-state index contributed by atoms with van der Waals surface area (Å²) in [5.74, 6) is 0.224. The quantitative estimate of drug-likeness (QED) is 0.208. The number of alkyl halides is 3. The Morgan fingerprint density at radius 1 is 0.945 bits per heavy atom. The number of hydrogen-bond donors (Lipinski definition) is 2. The second-order valence-electron chi connectivity index (χ2n) is 14.9. The lowest BCUT2D eigenvalue weighted by Crippen LogP contribution is -2.52. The molecular formula is C39H50ClF3N6O6. The lowest BCUT2D eigenvalue weighted by molar-refractivity contribution is -0.144. The number of halogens is 4. The van der Waals surface area contributed by atoms with Crippen LogP contribution in [0, 0.1) is 11.8 Å². The first-order valence-corrected chi connectivity index (χ1v) is 19.6. The van der Waals surface area contributed by atoms with Crippen LogP contribution in [0.25, 0.3) is 0 Å². The molecule has 0 spiro atoms. The third-order valence-electron chi connectivity index (χ3n) is 11.5. The number of nitrogens with zero attached hydrogens (tertiary/aromatic N) is 4. The highest BCUT2D eigenvalue weighted by molar-refractivity contribution is 6.33. The van der Waals surface area contributed by atoms with Gasteiger partial charge in [0.15, 0.2) is 6.10 Å². The molecule has 4 aliphatic rings. The summed E-state index contributed by atoms with van der Waals surface area (Å²) in [5.41, 5.74) is 5.78. The molecule has 4 aliphatic heterocycles. The summed E-state index contributed by atoms with van der Waals surface area (Å²) in [5, 5.41) is 2.62. The zero-order valence-electron chi connectivity index (χ0n) is 31.1. The van der Waals surface area contributed by atoms with Crippen molar-refractivity contribution in [2.45, 2.75) is 83.2 Å². The van der Waals surface area contributed by atoms with Crippen molar-refractivity contribution < 1.29 is 41.8 Å². The van der Waals surface area contributed by atoms with E-state index in [-0.39, 0.29) is 48.1 Å². The third kappa shape index (κ3) is 9.96. The fourth-order valence-electron chi connectivity index (χ4n) is 8.42. The number of rotatable bonds is 10. The number of nitrogens with one attached hydrogen (secondary N) is 1. The first kappa shape index (κ1) is 40.4. The molecule has 3 saturated heterocycles. The van der Waals surface area contributed by atoms with Gasteiger partial charge < -0.3 is 40.1 Å². The third-order valence-corrected chi connectivity index (χ3v) is 11.9. The number of fused-ring (bicyclic) bond motifs is 1. The minimum Gasteiger partial charge on any atom is -0.466 e. The number of piperidine rings is 3. The van der Waals surface area contributed by atoms with E-state index in [0.717, 1.165) is 56.1 Å². The second-order valence-corrected chi connectivity index (χ2v) is 15.4. The number of anilines is 2. The number of hydrogen-bond acceptors (Lipinski definition) is 8. The van der Waals surface area contributed by atoms with Gasteiger partial charge in [0.2, 0.25) is 0 Å². The molecule has 300 valence electrons. The summed E-state index contributed by atoms with van der Waals surface area (Å²) in [4.78, 5) is 59.6. The normalized spacial score (nSPS) is 19.8. The number of urea groups is 1. The Morgan fingerprint density at radius 3 is 2.24 bits per heavy atom. The molecule has 16 heteroatoms. The van der Waals surface area contributed by atoms with Gasteiger partial charge in [0.1, 0.15) is 0 Å². The molecule has 0 aromatic heterocycles. The first-order chi connectivity index (χ1) is 26.3. The molecule has 0 bridgehead atoms. The topological polar surface area (TPSA) is 138 Å². The van der Waals surface area contributed by atoms with E-state index in [9.17, 15) is 32.3 Å². The van der Waals surface area contributed by atoms with Crippen LogP contribution in [-0.4, -0.2) is 108 Å². The first-order valence-electron chi connectivity index (χ1n) is 19.2. The smallest absolute Gasteiger partial charge is 0.418 e. The molecule has 4 heterocycles. The molecule has 1 atom stereocenters. The monoisotopic (exact) mass is 790 g/mol. The zero-order chi connectivity index (χ0) is 39.3. The van der Waals surface area contributed by atoms with Crippen LogP contribution in [0.4, 0.5) is 34.1 Å². The van der Waals surface area contributed by atoms with Gasteiger partial charge in [-0.3, -0.25) is 9.59 Å². The SMILES string of the molecule is CCOC(=O)CCN1CCC(C2CCN(C(=O)[C@@H](Cc3cc(Cl)c(N)c(C(F)(F)F)c3)OC(=O)N3CCC(N4Cc5ccccc5NC4=O)CC3)CC2)CC1. The number of carbonyl (C=O) groups excluding carboxylic acids is 4. The van der Waals surface area contributed by atoms with E-state index in [1.165, 1.54) is 11.0 Å². The number of carbonyl (C=O) groups is 4. The Balaban J connectivity index is 1.08. The number of likely N-dealkylation sites (tertiary alicyclic amines) is 3. The zero-order valence-corrected chi connectivity index (χ0v) is 31.9. The van der Waals surface area contributed by atoms with Crippen LogP contribution in [0.15, 0.2) is 36.4 Å². The van der Waals surface area contributed by atoms with E-state index >= 15 is 0 Å². The maximum absolute atomic E-state index is 14.1. The van der Waals surface area contributed by atoms with Gasteiger partial charge in [-0.25, -0.2) is 9.59 Å². The van der Waals surface area contributed by atoms with E-state index in [1.54, 1.807) is 16.7 Å². The highest BCUT2D eigenvalue weighted by Gasteiger charge is 2.39. The average Bonchev–Trinajstić information content (AvgIpc) is 3.17. The minimum atomic E-state index is -4.78. The molecule has 3 N–H and O–H groups in total. The van der Waals surface area contributed by atoms with Crippen LogP contribution >= 0.6 is 11.6 Å². The molecular weight excluding hydrogens is 741 g/mol. The van der Waals surface area contributed by atoms with Crippen LogP contribution in [0.2, 0.25) is 5.02 Å². The van der Waals surface area contributed by atoms with E-state index in [0.29, 0.717) is 63.9 Å².